The normalized spacial score (nSPS) is 9.79. The molecule has 1 rings (SSSR count). The van der Waals surface area contributed by atoms with Crippen molar-refractivity contribution in [1.29, 1.82) is 0 Å². The summed E-state index contributed by atoms with van der Waals surface area (Å²) in [6.45, 7) is 1.92. The van der Waals surface area contributed by atoms with E-state index in [1.807, 2.05) is 0 Å². The topological polar surface area (TPSA) is 69.6 Å². The zero-order chi connectivity index (χ0) is 10.6. The molecule has 4 nitrogen and oxygen atoms in total. The predicted molar refractivity (Wildman–Crippen MR) is 52.2 cm³/mol. The fraction of sp³-hybridized carbons (Fsp3) is 0.300. The first-order valence-corrected chi connectivity index (χ1v) is 4.35. The molecule has 0 fully saturated rings. The zero-order valence-corrected chi connectivity index (χ0v) is 7.95. The van der Waals surface area contributed by atoms with Crippen molar-refractivity contribution in [2.45, 2.75) is 13.3 Å². The predicted octanol–water partition coefficient (Wildman–Crippen LogP) is 0.776. The molecule has 0 atom stereocenters. The van der Waals surface area contributed by atoms with Gasteiger partial charge in [0.25, 0.3) is 0 Å². The van der Waals surface area contributed by atoms with E-state index in [0.717, 1.165) is 0 Å². The van der Waals surface area contributed by atoms with Crippen molar-refractivity contribution in [3.8, 4) is 11.5 Å². The van der Waals surface area contributed by atoms with Crippen molar-refractivity contribution in [3.63, 3.8) is 0 Å². The molecule has 0 aliphatic rings. The summed E-state index contributed by atoms with van der Waals surface area (Å²) in [6, 6.07) is 4.42. The second kappa shape index (κ2) is 4.50. The Balaban J connectivity index is 2.55. The molecule has 1 aromatic rings. The molecule has 0 aliphatic carbocycles. The molecule has 0 bridgehead atoms. The lowest BCUT2D eigenvalue weighted by molar-refractivity contribution is -0.118. The largest absolute Gasteiger partial charge is 0.508 e. The van der Waals surface area contributed by atoms with E-state index in [4.69, 9.17) is 5.11 Å². The third-order valence-corrected chi connectivity index (χ3v) is 1.84. The number of hydrogen-bond acceptors (Lipinski definition) is 3. The van der Waals surface area contributed by atoms with Crippen LogP contribution >= 0.6 is 0 Å². The standard InChI is InChI=1S/C10H13NO3/c1-7(12)11-5-4-8-2-3-9(13)6-10(8)14/h2-3,6,13-14H,4-5H2,1H3,(H,11,12). The van der Waals surface area contributed by atoms with E-state index >= 15 is 0 Å². The van der Waals surface area contributed by atoms with E-state index in [1.165, 1.54) is 19.1 Å². The summed E-state index contributed by atoms with van der Waals surface area (Å²) >= 11 is 0. The second-order valence-electron chi connectivity index (χ2n) is 3.05. The van der Waals surface area contributed by atoms with Gasteiger partial charge >= 0.3 is 0 Å². The Morgan fingerprint density at radius 2 is 2.14 bits per heavy atom. The summed E-state index contributed by atoms with van der Waals surface area (Å²) in [5.41, 5.74) is 0.705. The lowest BCUT2D eigenvalue weighted by atomic mass is 10.1. The average Bonchev–Trinajstić information content (AvgIpc) is 2.08. The molecule has 3 N–H and O–H groups in total. The third-order valence-electron chi connectivity index (χ3n) is 1.84. The van der Waals surface area contributed by atoms with Crippen LogP contribution < -0.4 is 5.32 Å². The number of carbonyl (C=O) groups excluding carboxylic acids is 1. The van der Waals surface area contributed by atoms with Crippen molar-refractivity contribution < 1.29 is 15.0 Å². The Kier molecular flexibility index (Phi) is 3.34. The summed E-state index contributed by atoms with van der Waals surface area (Å²) in [7, 11) is 0. The van der Waals surface area contributed by atoms with Gasteiger partial charge in [-0.2, -0.15) is 0 Å². The molecule has 0 heterocycles. The Bertz CT molecular complexity index is 336. The molecule has 0 aromatic heterocycles. The highest BCUT2D eigenvalue weighted by molar-refractivity contribution is 5.72. The minimum atomic E-state index is -0.0942. The molecule has 0 unspecified atom stereocenters. The van der Waals surface area contributed by atoms with Gasteiger partial charge in [-0.1, -0.05) is 6.07 Å². The molecular weight excluding hydrogens is 182 g/mol. The number of nitrogens with one attached hydrogen (secondary N) is 1. The van der Waals surface area contributed by atoms with Gasteiger partial charge in [-0.05, 0) is 18.1 Å². The van der Waals surface area contributed by atoms with Crippen molar-refractivity contribution >= 4 is 5.91 Å². The van der Waals surface area contributed by atoms with Crippen LogP contribution in [0.2, 0.25) is 0 Å². The van der Waals surface area contributed by atoms with Crippen LogP contribution in [-0.2, 0) is 11.2 Å². The maximum Gasteiger partial charge on any atom is 0.216 e. The van der Waals surface area contributed by atoms with Gasteiger partial charge in [0.2, 0.25) is 5.91 Å². The number of rotatable bonds is 3. The van der Waals surface area contributed by atoms with Gasteiger partial charge in [0, 0.05) is 19.5 Å². The van der Waals surface area contributed by atoms with Crippen LogP contribution in [0.1, 0.15) is 12.5 Å². The Hall–Kier alpha value is -1.71. The summed E-state index contributed by atoms with van der Waals surface area (Å²) in [5.74, 6) is -0.00982. The average molecular weight is 195 g/mol. The summed E-state index contributed by atoms with van der Waals surface area (Å²) in [6.07, 6.45) is 0.547. The molecule has 0 radical (unpaired) electrons. The fourth-order valence-corrected chi connectivity index (χ4v) is 1.14. The highest BCUT2D eigenvalue weighted by Gasteiger charge is 2.01. The molecule has 1 aromatic carbocycles. The van der Waals surface area contributed by atoms with Gasteiger partial charge in [-0.3, -0.25) is 4.79 Å². The number of aromatic hydroxyl groups is 2. The number of amides is 1. The maximum absolute atomic E-state index is 10.6. The van der Waals surface area contributed by atoms with Gasteiger partial charge < -0.3 is 15.5 Å². The molecule has 4 heteroatoms. The van der Waals surface area contributed by atoms with Crippen molar-refractivity contribution in [2.75, 3.05) is 6.54 Å². The smallest absolute Gasteiger partial charge is 0.216 e. The number of phenols is 2. The quantitative estimate of drug-likeness (QED) is 0.667. The highest BCUT2D eigenvalue weighted by atomic mass is 16.3. The van der Waals surface area contributed by atoms with E-state index in [0.29, 0.717) is 18.5 Å². The summed E-state index contributed by atoms with van der Waals surface area (Å²) in [5, 5.41) is 21.0. The number of phenolic OH excluding ortho intramolecular Hbond substituents is 2. The van der Waals surface area contributed by atoms with Gasteiger partial charge in [-0.25, -0.2) is 0 Å². The number of hydrogen-bond donors (Lipinski definition) is 3. The van der Waals surface area contributed by atoms with Gasteiger partial charge in [0.1, 0.15) is 11.5 Å². The molecule has 0 spiro atoms. The lowest BCUT2D eigenvalue weighted by Crippen LogP contribution is -2.22. The van der Waals surface area contributed by atoms with E-state index < -0.39 is 0 Å². The van der Waals surface area contributed by atoms with Gasteiger partial charge in [0.15, 0.2) is 0 Å². The first kappa shape index (κ1) is 10.4. The SMILES string of the molecule is CC(=O)NCCc1ccc(O)cc1O. The van der Waals surface area contributed by atoms with E-state index in [1.54, 1.807) is 6.07 Å². The van der Waals surface area contributed by atoms with E-state index in [9.17, 15) is 9.90 Å². The first-order chi connectivity index (χ1) is 6.59. The molecule has 1 amide bonds. The Labute approximate surface area is 82.2 Å². The molecule has 0 saturated heterocycles. The summed E-state index contributed by atoms with van der Waals surface area (Å²) in [4.78, 5) is 10.6. The van der Waals surface area contributed by atoms with E-state index in [2.05, 4.69) is 5.32 Å². The number of carbonyl (C=O) groups is 1. The van der Waals surface area contributed by atoms with Crippen LogP contribution in [0.5, 0.6) is 11.5 Å². The highest BCUT2D eigenvalue weighted by Crippen LogP contribution is 2.22. The Morgan fingerprint density at radius 1 is 1.43 bits per heavy atom. The van der Waals surface area contributed by atoms with Crippen LogP contribution in [0.3, 0.4) is 0 Å². The monoisotopic (exact) mass is 195 g/mol. The van der Waals surface area contributed by atoms with Crippen LogP contribution in [-0.4, -0.2) is 22.7 Å². The van der Waals surface area contributed by atoms with Crippen LogP contribution in [0.15, 0.2) is 18.2 Å². The molecular formula is C10H13NO3. The third kappa shape index (κ3) is 2.97. The zero-order valence-electron chi connectivity index (χ0n) is 7.95. The molecule has 0 saturated carbocycles. The fourth-order valence-electron chi connectivity index (χ4n) is 1.14. The first-order valence-electron chi connectivity index (χ1n) is 4.35. The van der Waals surface area contributed by atoms with Crippen molar-refractivity contribution in [3.05, 3.63) is 23.8 Å². The van der Waals surface area contributed by atoms with E-state index in [-0.39, 0.29) is 17.4 Å². The van der Waals surface area contributed by atoms with Gasteiger partial charge in [-0.15, -0.1) is 0 Å². The molecule has 14 heavy (non-hydrogen) atoms. The minimum Gasteiger partial charge on any atom is -0.508 e. The lowest BCUT2D eigenvalue weighted by Gasteiger charge is -2.05. The molecule has 76 valence electrons. The van der Waals surface area contributed by atoms with Crippen LogP contribution in [0.25, 0.3) is 0 Å². The molecule has 0 aliphatic heterocycles. The minimum absolute atomic E-state index is 0.0331. The number of benzene rings is 1. The van der Waals surface area contributed by atoms with Crippen LogP contribution in [0, 0.1) is 0 Å². The van der Waals surface area contributed by atoms with Gasteiger partial charge in [0.05, 0.1) is 0 Å². The van der Waals surface area contributed by atoms with Crippen molar-refractivity contribution in [2.24, 2.45) is 0 Å². The second-order valence-corrected chi connectivity index (χ2v) is 3.05. The Morgan fingerprint density at radius 3 is 2.71 bits per heavy atom. The summed E-state index contributed by atoms with van der Waals surface area (Å²) < 4.78 is 0. The maximum atomic E-state index is 10.6. The van der Waals surface area contributed by atoms with Crippen LogP contribution in [0.4, 0.5) is 0 Å². The van der Waals surface area contributed by atoms with Crippen molar-refractivity contribution in [1.82, 2.24) is 5.32 Å².